The van der Waals surface area contributed by atoms with Gasteiger partial charge >= 0.3 is 5.97 Å². The molecule has 0 spiro atoms. The number of halogens is 1. The van der Waals surface area contributed by atoms with Crippen molar-refractivity contribution in [2.24, 2.45) is 5.73 Å². The van der Waals surface area contributed by atoms with Crippen LogP contribution in [0.4, 0.5) is 0 Å². The van der Waals surface area contributed by atoms with E-state index in [2.05, 4.69) is 4.72 Å². The van der Waals surface area contributed by atoms with E-state index in [1.807, 2.05) is 0 Å². The second kappa shape index (κ2) is 7.30. The molecule has 0 saturated carbocycles. The topological polar surface area (TPSA) is 127 Å². The molecule has 1 aliphatic carbocycles. The van der Waals surface area contributed by atoms with Crippen molar-refractivity contribution in [3.05, 3.63) is 63.7 Å². The maximum atomic E-state index is 12.6. The standard InChI is InChI=1S/C18H17ClN2O5S/c19-11-2-1-3-13(8-11)27(25,26)21-12-6-4-10-5-7-14(18(23)24)16(17(20)22)15(10)9-12/h1-3,5,7-8,12,21H,4,6,9H2,(H2,20,22)(H,23,24). The first-order chi connectivity index (χ1) is 12.7. The number of primary amides is 1. The van der Waals surface area contributed by atoms with Gasteiger partial charge in [-0.25, -0.2) is 17.9 Å². The van der Waals surface area contributed by atoms with Crippen LogP contribution in [-0.4, -0.2) is 31.4 Å². The second-order valence-electron chi connectivity index (χ2n) is 6.31. The Balaban J connectivity index is 1.93. The second-order valence-corrected chi connectivity index (χ2v) is 8.46. The summed E-state index contributed by atoms with van der Waals surface area (Å²) in [5, 5.41) is 9.61. The number of hydrogen-bond acceptors (Lipinski definition) is 4. The van der Waals surface area contributed by atoms with Crippen molar-refractivity contribution in [2.45, 2.75) is 30.2 Å². The van der Waals surface area contributed by atoms with Crippen molar-refractivity contribution in [2.75, 3.05) is 0 Å². The number of rotatable bonds is 5. The van der Waals surface area contributed by atoms with Crippen LogP contribution in [-0.2, 0) is 22.9 Å². The number of nitrogens with one attached hydrogen (secondary N) is 1. The average Bonchev–Trinajstić information content (AvgIpc) is 2.60. The Morgan fingerprint density at radius 2 is 1.96 bits per heavy atom. The number of aryl methyl sites for hydroxylation is 1. The van der Waals surface area contributed by atoms with Gasteiger partial charge in [-0.05, 0) is 54.7 Å². The van der Waals surface area contributed by atoms with Crippen LogP contribution >= 0.6 is 11.6 Å². The number of carbonyl (C=O) groups excluding carboxylic acids is 1. The summed E-state index contributed by atoms with van der Waals surface area (Å²) >= 11 is 5.86. The number of carbonyl (C=O) groups is 2. The van der Waals surface area contributed by atoms with Crippen molar-refractivity contribution >= 4 is 33.5 Å². The lowest BCUT2D eigenvalue weighted by Crippen LogP contribution is -2.39. The molecule has 27 heavy (non-hydrogen) atoms. The lowest BCUT2D eigenvalue weighted by molar-refractivity contribution is 0.0691. The zero-order chi connectivity index (χ0) is 19.8. The molecule has 2 aromatic rings. The fourth-order valence-corrected chi connectivity index (χ4v) is 4.89. The molecule has 4 N–H and O–H groups in total. The molecule has 0 bridgehead atoms. The van der Waals surface area contributed by atoms with E-state index in [-0.39, 0.29) is 22.4 Å². The Morgan fingerprint density at radius 1 is 1.22 bits per heavy atom. The number of sulfonamides is 1. The first-order valence-corrected chi connectivity index (χ1v) is 10.0. The van der Waals surface area contributed by atoms with Gasteiger partial charge in [0.2, 0.25) is 15.9 Å². The molecule has 1 unspecified atom stereocenters. The number of fused-ring (bicyclic) bond motifs is 1. The van der Waals surface area contributed by atoms with Gasteiger partial charge in [0.05, 0.1) is 16.0 Å². The van der Waals surface area contributed by atoms with Gasteiger partial charge < -0.3 is 10.8 Å². The van der Waals surface area contributed by atoms with E-state index >= 15 is 0 Å². The predicted octanol–water partition coefficient (Wildman–Crippen LogP) is 1.97. The lowest BCUT2D eigenvalue weighted by Gasteiger charge is -2.27. The molecule has 3 rings (SSSR count). The van der Waals surface area contributed by atoms with E-state index in [9.17, 15) is 23.1 Å². The number of aromatic carboxylic acids is 1. The van der Waals surface area contributed by atoms with Gasteiger partial charge in [-0.1, -0.05) is 23.7 Å². The predicted molar refractivity (Wildman–Crippen MR) is 99.5 cm³/mol. The molecule has 9 heteroatoms. The SMILES string of the molecule is NC(=O)c1c(C(=O)O)ccc2c1CC(NS(=O)(=O)c1cccc(Cl)c1)CC2. The number of hydrogen-bond donors (Lipinski definition) is 3. The Morgan fingerprint density at radius 3 is 2.59 bits per heavy atom. The number of nitrogens with two attached hydrogens (primary N) is 1. The van der Waals surface area contributed by atoms with Crippen LogP contribution in [0.25, 0.3) is 0 Å². The summed E-state index contributed by atoms with van der Waals surface area (Å²) in [5.74, 6) is -2.10. The Hall–Kier alpha value is -2.42. The molecule has 0 fully saturated rings. The van der Waals surface area contributed by atoms with Gasteiger partial charge in [-0.2, -0.15) is 0 Å². The minimum atomic E-state index is -3.81. The summed E-state index contributed by atoms with van der Waals surface area (Å²) in [7, 11) is -3.81. The summed E-state index contributed by atoms with van der Waals surface area (Å²) in [6, 6.07) is 8.40. The van der Waals surface area contributed by atoms with Gasteiger partial charge in [0.15, 0.2) is 0 Å². The Bertz CT molecular complexity index is 1040. The molecule has 0 saturated heterocycles. The quantitative estimate of drug-likeness (QED) is 0.697. The van der Waals surface area contributed by atoms with Gasteiger partial charge in [0.25, 0.3) is 0 Å². The third-order valence-corrected chi connectivity index (χ3v) is 6.28. The summed E-state index contributed by atoms with van der Waals surface area (Å²) in [6.45, 7) is 0. The fourth-order valence-electron chi connectivity index (χ4n) is 3.32. The highest BCUT2D eigenvalue weighted by molar-refractivity contribution is 7.89. The van der Waals surface area contributed by atoms with E-state index < -0.39 is 27.9 Å². The molecular weight excluding hydrogens is 392 g/mol. The van der Waals surface area contributed by atoms with Crippen molar-refractivity contribution < 1.29 is 23.1 Å². The normalized spacial score (nSPS) is 16.6. The molecule has 0 radical (unpaired) electrons. The van der Waals surface area contributed by atoms with Crippen LogP contribution in [0, 0.1) is 0 Å². The first kappa shape index (κ1) is 19.3. The van der Waals surface area contributed by atoms with Gasteiger partial charge in [-0.15, -0.1) is 0 Å². The van der Waals surface area contributed by atoms with Gasteiger partial charge in [0, 0.05) is 11.1 Å². The first-order valence-electron chi connectivity index (χ1n) is 8.15. The lowest BCUT2D eigenvalue weighted by atomic mass is 9.83. The van der Waals surface area contributed by atoms with Crippen LogP contribution in [0.3, 0.4) is 0 Å². The van der Waals surface area contributed by atoms with E-state index in [0.717, 1.165) is 5.56 Å². The largest absolute Gasteiger partial charge is 0.478 e. The highest BCUT2D eigenvalue weighted by atomic mass is 35.5. The molecule has 1 aliphatic rings. The molecule has 2 aromatic carbocycles. The molecule has 1 amide bonds. The summed E-state index contributed by atoms with van der Waals surface area (Å²) in [6.07, 6.45) is 1.18. The molecule has 0 aliphatic heterocycles. The zero-order valence-corrected chi connectivity index (χ0v) is 15.7. The summed E-state index contributed by atoms with van der Waals surface area (Å²) in [5.41, 5.74) is 6.43. The molecule has 142 valence electrons. The highest BCUT2D eigenvalue weighted by Crippen LogP contribution is 2.28. The monoisotopic (exact) mass is 408 g/mol. The molecule has 0 aromatic heterocycles. The summed E-state index contributed by atoms with van der Waals surface area (Å²) in [4.78, 5) is 23.3. The van der Waals surface area contributed by atoms with E-state index in [4.69, 9.17) is 17.3 Å². The van der Waals surface area contributed by atoms with Crippen LogP contribution in [0.5, 0.6) is 0 Å². The maximum absolute atomic E-state index is 12.6. The third-order valence-electron chi connectivity index (χ3n) is 4.53. The van der Waals surface area contributed by atoms with E-state index in [0.29, 0.717) is 23.4 Å². The van der Waals surface area contributed by atoms with Crippen molar-refractivity contribution in [1.29, 1.82) is 0 Å². The molecule has 0 heterocycles. The van der Waals surface area contributed by atoms with Crippen molar-refractivity contribution in [3.63, 3.8) is 0 Å². The Kier molecular flexibility index (Phi) is 5.23. The zero-order valence-electron chi connectivity index (χ0n) is 14.1. The number of benzene rings is 2. The van der Waals surface area contributed by atoms with Crippen molar-refractivity contribution in [3.8, 4) is 0 Å². The van der Waals surface area contributed by atoms with Crippen molar-refractivity contribution in [1.82, 2.24) is 4.72 Å². The van der Waals surface area contributed by atoms with Crippen LogP contribution in [0.1, 0.15) is 38.3 Å². The third kappa shape index (κ3) is 3.97. The molecular formula is C18H17ClN2O5S. The molecule has 7 nitrogen and oxygen atoms in total. The van der Waals surface area contributed by atoms with E-state index in [1.165, 1.54) is 24.3 Å². The van der Waals surface area contributed by atoms with E-state index in [1.54, 1.807) is 12.1 Å². The van der Waals surface area contributed by atoms with Gasteiger partial charge in [-0.3, -0.25) is 4.79 Å². The minimum Gasteiger partial charge on any atom is -0.478 e. The number of amides is 1. The average molecular weight is 409 g/mol. The van der Waals surface area contributed by atoms with Crippen LogP contribution in [0.2, 0.25) is 5.02 Å². The van der Waals surface area contributed by atoms with Gasteiger partial charge in [0.1, 0.15) is 0 Å². The molecule has 1 atom stereocenters. The minimum absolute atomic E-state index is 0.0372. The smallest absolute Gasteiger partial charge is 0.336 e. The fraction of sp³-hybridized carbons (Fsp3) is 0.222. The number of carboxylic acid groups (broad SMARTS) is 1. The highest BCUT2D eigenvalue weighted by Gasteiger charge is 2.29. The van der Waals surface area contributed by atoms with Crippen LogP contribution < -0.4 is 10.5 Å². The Labute approximate surface area is 161 Å². The maximum Gasteiger partial charge on any atom is 0.336 e. The summed E-state index contributed by atoms with van der Waals surface area (Å²) < 4.78 is 27.8. The number of carboxylic acids is 1. The van der Waals surface area contributed by atoms with Crippen LogP contribution in [0.15, 0.2) is 41.3 Å².